The van der Waals surface area contributed by atoms with Crippen LogP contribution in [0.15, 0.2) is 0 Å². The molecule has 0 spiro atoms. The molecule has 2 atom stereocenters. The second-order valence-corrected chi connectivity index (χ2v) is 4.95. The first-order valence-corrected chi connectivity index (χ1v) is 5.60. The predicted octanol–water partition coefficient (Wildman–Crippen LogP) is 2.82. The summed E-state index contributed by atoms with van der Waals surface area (Å²) < 4.78 is 0. The highest BCUT2D eigenvalue weighted by atomic mass is 16.1. The van der Waals surface area contributed by atoms with Crippen LogP contribution in [-0.4, -0.2) is 5.91 Å². The Morgan fingerprint density at radius 1 is 1.21 bits per heavy atom. The zero-order chi connectivity index (χ0) is 11.5. The van der Waals surface area contributed by atoms with Gasteiger partial charge in [-0.2, -0.15) is 0 Å². The third-order valence-electron chi connectivity index (χ3n) is 3.89. The molecular weight excluding hydrogens is 174 g/mol. The predicted molar refractivity (Wildman–Crippen MR) is 60.8 cm³/mol. The van der Waals surface area contributed by atoms with Gasteiger partial charge in [0.05, 0.1) is 5.41 Å². The van der Waals surface area contributed by atoms with Gasteiger partial charge in [-0.1, -0.05) is 41.5 Å². The molecule has 0 heterocycles. The van der Waals surface area contributed by atoms with Crippen LogP contribution >= 0.6 is 0 Å². The van der Waals surface area contributed by atoms with Crippen LogP contribution in [0, 0.1) is 23.2 Å². The highest BCUT2D eigenvalue weighted by Gasteiger charge is 2.44. The molecule has 0 rings (SSSR count). The molecule has 2 heteroatoms. The molecule has 0 bridgehead atoms. The molecular formula is C12H25NO. The Balaban J connectivity index is 5.14. The minimum atomic E-state index is -0.339. The fourth-order valence-corrected chi connectivity index (χ4v) is 2.53. The van der Waals surface area contributed by atoms with E-state index in [-0.39, 0.29) is 11.3 Å². The first-order chi connectivity index (χ1) is 6.30. The quantitative estimate of drug-likeness (QED) is 0.727. The Morgan fingerprint density at radius 3 is 1.71 bits per heavy atom. The van der Waals surface area contributed by atoms with Crippen LogP contribution < -0.4 is 5.73 Å². The van der Waals surface area contributed by atoms with Crippen molar-refractivity contribution < 1.29 is 4.79 Å². The molecule has 0 aromatic heterocycles. The average Bonchev–Trinajstić information content (AvgIpc) is 2.04. The third kappa shape index (κ3) is 2.10. The van der Waals surface area contributed by atoms with Crippen molar-refractivity contribution in [3.63, 3.8) is 0 Å². The van der Waals surface area contributed by atoms with Crippen molar-refractivity contribution in [2.75, 3.05) is 0 Å². The summed E-state index contributed by atoms with van der Waals surface area (Å²) >= 11 is 0. The fourth-order valence-electron chi connectivity index (χ4n) is 2.53. The van der Waals surface area contributed by atoms with E-state index >= 15 is 0 Å². The van der Waals surface area contributed by atoms with Gasteiger partial charge in [-0.3, -0.25) is 4.79 Å². The molecule has 14 heavy (non-hydrogen) atoms. The lowest BCUT2D eigenvalue weighted by Gasteiger charge is -2.41. The van der Waals surface area contributed by atoms with Gasteiger partial charge >= 0.3 is 0 Å². The van der Waals surface area contributed by atoms with Crippen LogP contribution in [0.3, 0.4) is 0 Å². The third-order valence-corrected chi connectivity index (χ3v) is 3.89. The van der Waals surface area contributed by atoms with E-state index in [4.69, 9.17) is 5.73 Å². The lowest BCUT2D eigenvalue weighted by molar-refractivity contribution is -0.135. The second kappa shape index (κ2) is 4.81. The Kier molecular flexibility index (Phi) is 4.63. The van der Waals surface area contributed by atoms with E-state index in [2.05, 4.69) is 41.5 Å². The maximum atomic E-state index is 11.7. The van der Waals surface area contributed by atoms with Gasteiger partial charge in [0.15, 0.2) is 0 Å². The molecule has 2 N–H and O–H groups in total. The number of nitrogens with two attached hydrogens (primary N) is 1. The van der Waals surface area contributed by atoms with E-state index in [9.17, 15) is 4.79 Å². The lowest BCUT2D eigenvalue weighted by Crippen LogP contribution is -2.47. The SMILES string of the molecule is CCC(C(N)=O)(C(C)C)C(C)C(C)C. The van der Waals surface area contributed by atoms with E-state index in [1.807, 2.05) is 0 Å². The van der Waals surface area contributed by atoms with E-state index in [1.165, 1.54) is 0 Å². The summed E-state index contributed by atoms with van der Waals surface area (Å²) in [6.45, 7) is 12.7. The molecule has 2 unspecified atom stereocenters. The molecule has 84 valence electrons. The summed E-state index contributed by atoms with van der Waals surface area (Å²) in [5, 5.41) is 0. The molecule has 0 saturated carbocycles. The van der Waals surface area contributed by atoms with Crippen LogP contribution in [0.2, 0.25) is 0 Å². The number of primary amides is 1. The Labute approximate surface area is 88.3 Å². The molecule has 0 fully saturated rings. The lowest BCUT2D eigenvalue weighted by atomic mass is 9.62. The number of amides is 1. The molecule has 0 aliphatic heterocycles. The Bertz CT molecular complexity index is 198. The smallest absolute Gasteiger partial charge is 0.224 e. The molecule has 2 nitrogen and oxygen atoms in total. The Hall–Kier alpha value is -0.530. The van der Waals surface area contributed by atoms with Gasteiger partial charge in [0, 0.05) is 0 Å². The number of rotatable bonds is 5. The van der Waals surface area contributed by atoms with Gasteiger partial charge in [0.25, 0.3) is 0 Å². The van der Waals surface area contributed by atoms with Crippen LogP contribution in [0.5, 0.6) is 0 Å². The summed E-state index contributed by atoms with van der Waals surface area (Å²) in [6, 6.07) is 0. The van der Waals surface area contributed by atoms with Gasteiger partial charge < -0.3 is 5.73 Å². The first-order valence-electron chi connectivity index (χ1n) is 5.60. The zero-order valence-corrected chi connectivity index (χ0v) is 10.4. The van der Waals surface area contributed by atoms with Gasteiger partial charge in [-0.15, -0.1) is 0 Å². The monoisotopic (exact) mass is 199 g/mol. The van der Waals surface area contributed by atoms with Gasteiger partial charge in [0.2, 0.25) is 5.91 Å². The average molecular weight is 199 g/mol. The second-order valence-electron chi connectivity index (χ2n) is 4.95. The van der Waals surface area contributed by atoms with Crippen molar-refractivity contribution in [1.29, 1.82) is 0 Å². The summed E-state index contributed by atoms with van der Waals surface area (Å²) in [5.74, 6) is 0.994. The van der Waals surface area contributed by atoms with Crippen molar-refractivity contribution in [2.45, 2.75) is 48.0 Å². The molecule has 1 amide bonds. The van der Waals surface area contributed by atoms with Crippen molar-refractivity contribution in [1.82, 2.24) is 0 Å². The van der Waals surface area contributed by atoms with Crippen molar-refractivity contribution in [3.05, 3.63) is 0 Å². The molecule has 0 aromatic carbocycles. The Morgan fingerprint density at radius 2 is 1.64 bits per heavy atom. The van der Waals surface area contributed by atoms with E-state index < -0.39 is 0 Å². The standard InChI is InChI=1S/C12H25NO/c1-7-12(9(4)5,11(13)14)10(6)8(2)3/h8-10H,7H2,1-6H3,(H2,13,14). The molecule has 0 aliphatic rings. The maximum Gasteiger partial charge on any atom is 0.224 e. The highest BCUT2D eigenvalue weighted by molar-refractivity contribution is 5.81. The minimum Gasteiger partial charge on any atom is -0.369 e. The maximum absolute atomic E-state index is 11.7. The van der Waals surface area contributed by atoms with Crippen LogP contribution in [0.4, 0.5) is 0 Å². The minimum absolute atomic E-state index is 0.142. The van der Waals surface area contributed by atoms with E-state index in [0.29, 0.717) is 17.8 Å². The van der Waals surface area contributed by atoms with Crippen molar-refractivity contribution in [2.24, 2.45) is 28.9 Å². The summed E-state index contributed by atoms with van der Waals surface area (Å²) in [5.41, 5.74) is 5.24. The number of carbonyl (C=O) groups is 1. The molecule has 0 saturated heterocycles. The van der Waals surface area contributed by atoms with E-state index in [1.54, 1.807) is 0 Å². The van der Waals surface area contributed by atoms with Gasteiger partial charge in [0.1, 0.15) is 0 Å². The molecule has 0 aliphatic carbocycles. The van der Waals surface area contributed by atoms with Gasteiger partial charge in [-0.05, 0) is 24.2 Å². The molecule has 0 radical (unpaired) electrons. The molecule has 0 aromatic rings. The number of carbonyl (C=O) groups excluding carboxylic acids is 1. The zero-order valence-electron chi connectivity index (χ0n) is 10.4. The largest absolute Gasteiger partial charge is 0.369 e. The summed E-state index contributed by atoms with van der Waals surface area (Å²) in [4.78, 5) is 11.7. The van der Waals surface area contributed by atoms with Gasteiger partial charge in [-0.25, -0.2) is 0 Å². The number of hydrogen-bond acceptors (Lipinski definition) is 1. The van der Waals surface area contributed by atoms with Crippen molar-refractivity contribution >= 4 is 5.91 Å². The number of hydrogen-bond donors (Lipinski definition) is 1. The van der Waals surface area contributed by atoms with Crippen LogP contribution in [0.1, 0.15) is 48.0 Å². The normalized spacial score (nSPS) is 18.3. The summed E-state index contributed by atoms with van der Waals surface area (Å²) in [7, 11) is 0. The summed E-state index contributed by atoms with van der Waals surface area (Å²) in [6.07, 6.45) is 0.833. The first kappa shape index (κ1) is 13.5. The highest BCUT2D eigenvalue weighted by Crippen LogP contribution is 2.42. The van der Waals surface area contributed by atoms with E-state index in [0.717, 1.165) is 6.42 Å². The van der Waals surface area contributed by atoms with Crippen LogP contribution in [0.25, 0.3) is 0 Å². The van der Waals surface area contributed by atoms with Crippen molar-refractivity contribution in [3.8, 4) is 0 Å². The van der Waals surface area contributed by atoms with Crippen LogP contribution in [-0.2, 0) is 4.79 Å². The topological polar surface area (TPSA) is 43.1 Å². The fraction of sp³-hybridized carbons (Fsp3) is 0.917.